The first-order chi connectivity index (χ1) is 8.00. The van der Waals surface area contributed by atoms with Crippen LogP contribution in [0.2, 0.25) is 0 Å². The van der Waals surface area contributed by atoms with Gasteiger partial charge in [0.25, 0.3) is 0 Å². The summed E-state index contributed by atoms with van der Waals surface area (Å²) in [6.45, 7) is 0.0367. The molecule has 1 aromatic carbocycles. The zero-order valence-corrected chi connectivity index (χ0v) is 9.18. The second-order valence-electron chi connectivity index (χ2n) is 3.77. The van der Waals surface area contributed by atoms with Gasteiger partial charge in [0.15, 0.2) is 0 Å². The van der Waals surface area contributed by atoms with Crippen LogP contribution < -0.4 is 5.69 Å². The molecule has 0 fully saturated rings. The van der Waals surface area contributed by atoms with Crippen molar-refractivity contribution in [1.29, 1.82) is 0 Å². The van der Waals surface area contributed by atoms with Crippen LogP contribution in [0, 0.1) is 5.82 Å². The van der Waals surface area contributed by atoms with Gasteiger partial charge in [-0.05, 0) is 18.2 Å². The molecule has 1 aromatic heterocycles. The first-order valence-corrected chi connectivity index (χ1v) is 5.07. The zero-order valence-electron chi connectivity index (χ0n) is 9.18. The number of imidazole rings is 1. The average molecular weight is 238 g/mol. The lowest BCUT2D eigenvalue weighted by Crippen LogP contribution is -2.23. The lowest BCUT2D eigenvalue weighted by atomic mass is 10.3. The summed E-state index contributed by atoms with van der Waals surface area (Å²) in [5.74, 6) is -1.45. The van der Waals surface area contributed by atoms with Gasteiger partial charge in [-0.3, -0.25) is 13.9 Å². The van der Waals surface area contributed by atoms with Gasteiger partial charge in [-0.2, -0.15) is 0 Å². The summed E-state index contributed by atoms with van der Waals surface area (Å²) in [5.41, 5.74) is 0.660. The third kappa shape index (κ3) is 1.93. The number of fused-ring (bicyclic) bond motifs is 1. The van der Waals surface area contributed by atoms with Gasteiger partial charge in [-0.25, -0.2) is 9.18 Å². The van der Waals surface area contributed by atoms with Gasteiger partial charge < -0.3 is 5.11 Å². The Kier molecular flexibility index (Phi) is 2.71. The van der Waals surface area contributed by atoms with Crippen LogP contribution in [-0.4, -0.2) is 20.2 Å². The Morgan fingerprint density at radius 3 is 2.76 bits per heavy atom. The standard InChI is InChI=1S/C11H11FN2O3/c1-13-8-3-2-7(12)6-9(8)14(11(13)17)5-4-10(15)16/h2-3,6H,4-5H2,1H3,(H,15,16). The molecule has 5 nitrogen and oxygen atoms in total. The first kappa shape index (κ1) is 11.4. The van der Waals surface area contributed by atoms with Crippen molar-refractivity contribution in [3.05, 3.63) is 34.5 Å². The van der Waals surface area contributed by atoms with Crippen LogP contribution in [0.5, 0.6) is 0 Å². The van der Waals surface area contributed by atoms with Crippen molar-refractivity contribution in [3.8, 4) is 0 Å². The summed E-state index contributed by atoms with van der Waals surface area (Å²) >= 11 is 0. The Hall–Kier alpha value is -2.11. The highest BCUT2D eigenvalue weighted by Gasteiger charge is 2.12. The van der Waals surface area contributed by atoms with Crippen molar-refractivity contribution in [2.24, 2.45) is 7.05 Å². The van der Waals surface area contributed by atoms with Crippen LogP contribution in [-0.2, 0) is 18.4 Å². The number of aryl methyl sites for hydroxylation is 2. The number of carbonyl (C=O) groups is 1. The van der Waals surface area contributed by atoms with Crippen molar-refractivity contribution in [1.82, 2.24) is 9.13 Å². The highest BCUT2D eigenvalue weighted by molar-refractivity contribution is 5.76. The van der Waals surface area contributed by atoms with Gasteiger partial charge in [-0.1, -0.05) is 0 Å². The molecular formula is C11H11FN2O3. The Labute approximate surface area is 95.7 Å². The van der Waals surface area contributed by atoms with E-state index in [9.17, 15) is 14.0 Å². The van der Waals surface area contributed by atoms with Crippen LogP contribution in [0.3, 0.4) is 0 Å². The highest BCUT2D eigenvalue weighted by atomic mass is 19.1. The Morgan fingerprint density at radius 1 is 1.41 bits per heavy atom. The number of hydrogen-bond donors (Lipinski definition) is 1. The van der Waals surface area contributed by atoms with Crippen molar-refractivity contribution in [2.45, 2.75) is 13.0 Å². The Bertz CT molecular complexity index is 642. The number of halogens is 1. The molecule has 0 aliphatic carbocycles. The molecule has 2 aromatic rings. The van der Waals surface area contributed by atoms with E-state index in [1.165, 1.54) is 27.3 Å². The molecule has 2 rings (SSSR count). The van der Waals surface area contributed by atoms with Crippen molar-refractivity contribution in [3.63, 3.8) is 0 Å². The van der Waals surface area contributed by atoms with E-state index >= 15 is 0 Å². The molecule has 0 aliphatic heterocycles. The smallest absolute Gasteiger partial charge is 0.328 e. The monoisotopic (exact) mass is 238 g/mol. The van der Waals surface area contributed by atoms with Gasteiger partial charge in [-0.15, -0.1) is 0 Å². The van der Waals surface area contributed by atoms with Crippen LogP contribution in [0.15, 0.2) is 23.0 Å². The summed E-state index contributed by atoms with van der Waals surface area (Å²) in [6, 6.07) is 4.01. The number of carboxylic acid groups (broad SMARTS) is 1. The van der Waals surface area contributed by atoms with Gasteiger partial charge in [0.05, 0.1) is 17.5 Å². The van der Waals surface area contributed by atoms with E-state index in [2.05, 4.69) is 0 Å². The Balaban J connectivity index is 2.60. The topological polar surface area (TPSA) is 64.2 Å². The van der Waals surface area contributed by atoms with Gasteiger partial charge >= 0.3 is 11.7 Å². The molecule has 17 heavy (non-hydrogen) atoms. The van der Waals surface area contributed by atoms with Crippen LogP contribution in [0.25, 0.3) is 11.0 Å². The summed E-state index contributed by atoms with van der Waals surface area (Å²) in [5, 5.41) is 8.60. The SMILES string of the molecule is Cn1c(=O)n(CCC(=O)O)c2cc(F)ccc21. The van der Waals surface area contributed by atoms with E-state index < -0.39 is 11.8 Å². The molecule has 0 amide bonds. The number of nitrogens with zero attached hydrogens (tertiary/aromatic N) is 2. The largest absolute Gasteiger partial charge is 0.481 e. The molecule has 6 heteroatoms. The molecular weight excluding hydrogens is 227 g/mol. The summed E-state index contributed by atoms with van der Waals surface area (Å²) in [6.07, 6.45) is -0.171. The van der Waals surface area contributed by atoms with E-state index in [0.717, 1.165) is 0 Å². The molecule has 0 atom stereocenters. The third-order valence-corrected chi connectivity index (χ3v) is 2.66. The summed E-state index contributed by atoms with van der Waals surface area (Å²) in [7, 11) is 1.57. The maximum Gasteiger partial charge on any atom is 0.328 e. The van der Waals surface area contributed by atoms with E-state index in [1.807, 2.05) is 0 Å². The van der Waals surface area contributed by atoms with Crippen LogP contribution >= 0.6 is 0 Å². The lowest BCUT2D eigenvalue weighted by molar-refractivity contribution is -0.137. The maximum absolute atomic E-state index is 13.1. The lowest BCUT2D eigenvalue weighted by Gasteiger charge is -2.00. The predicted molar refractivity (Wildman–Crippen MR) is 59.4 cm³/mol. The van der Waals surface area contributed by atoms with Gasteiger partial charge in [0.2, 0.25) is 0 Å². The molecule has 0 unspecified atom stereocenters. The number of benzene rings is 1. The summed E-state index contributed by atoms with van der Waals surface area (Å²) in [4.78, 5) is 22.3. The third-order valence-electron chi connectivity index (χ3n) is 2.66. The van der Waals surface area contributed by atoms with E-state index in [4.69, 9.17) is 5.11 Å². The molecule has 0 bridgehead atoms. The molecule has 0 spiro atoms. The van der Waals surface area contributed by atoms with Crippen LogP contribution in [0.4, 0.5) is 4.39 Å². The second kappa shape index (κ2) is 4.04. The number of aromatic nitrogens is 2. The van der Waals surface area contributed by atoms with Crippen molar-refractivity contribution < 1.29 is 14.3 Å². The molecule has 1 heterocycles. The average Bonchev–Trinajstić information content (AvgIpc) is 2.49. The number of carboxylic acids is 1. The van der Waals surface area contributed by atoms with E-state index in [1.54, 1.807) is 7.05 Å². The molecule has 0 radical (unpaired) electrons. The number of aliphatic carboxylic acids is 1. The fourth-order valence-corrected chi connectivity index (χ4v) is 1.81. The first-order valence-electron chi connectivity index (χ1n) is 5.07. The number of rotatable bonds is 3. The molecule has 0 saturated carbocycles. The number of hydrogen-bond acceptors (Lipinski definition) is 2. The fourth-order valence-electron chi connectivity index (χ4n) is 1.81. The molecule has 1 N–H and O–H groups in total. The normalized spacial score (nSPS) is 10.9. The Morgan fingerprint density at radius 2 is 2.12 bits per heavy atom. The molecule has 0 aliphatic rings. The predicted octanol–water partition coefficient (Wildman–Crippen LogP) is 0.954. The molecule has 90 valence electrons. The van der Waals surface area contributed by atoms with Crippen molar-refractivity contribution >= 4 is 17.0 Å². The minimum Gasteiger partial charge on any atom is -0.481 e. The van der Waals surface area contributed by atoms with E-state index in [-0.39, 0.29) is 18.7 Å². The summed E-state index contributed by atoms with van der Waals surface area (Å²) < 4.78 is 15.8. The fraction of sp³-hybridized carbons (Fsp3) is 0.273. The minimum atomic E-state index is -0.995. The van der Waals surface area contributed by atoms with Crippen molar-refractivity contribution in [2.75, 3.05) is 0 Å². The molecule has 0 saturated heterocycles. The van der Waals surface area contributed by atoms with Gasteiger partial charge in [0, 0.05) is 13.6 Å². The minimum absolute atomic E-state index is 0.0367. The highest BCUT2D eigenvalue weighted by Crippen LogP contribution is 2.14. The van der Waals surface area contributed by atoms with E-state index in [0.29, 0.717) is 11.0 Å². The quantitative estimate of drug-likeness (QED) is 0.866. The second-order valence-corrected chi connectivity index (χ2v) is 3.77. The van der Waals surface area contributed by atoms with Gasteiger partial charge in [0.1, 0.15) is 5.82 Å². The zero-order chi connectivity index (χ0) is 12.6. The van der Waals surface area contributed by atoms with Crippen LogP contribution in [0.1, 0.15) is 6.42 Å². The maximum atomic E-state index is 13.1.